The zero-order valence-electron chi connectivity index (χ0n) is 23.0. The van der Waals surface area contributed by atoms with Crippen LogP contribution in [0.4, 0.5) is 8.78 Å². The summed E-state index contributed by atoms with van der Waals surface area (Å²) in [4.78, 5) is 56.6. The molecule has 0 bridgehead atoms. The van der Waals surface area contributed by atoms with Crippen molar-refractivity contribution < 1.29 is 32.6 Å². The van der Waals surface area contributed by atoms with Gasteiger partial charge in [-0.25, -0.2) is 13.6 Å². The standard InChI is InChI=1S/C23H23F2N3O3.C5H8O4/c1-13(26-21(29)20-17(24)6-5-7-18(20)25)12-15-8-10-16(11-9-15)19-14(2)27(3)23(31)28(4)22(19)30;1-4(7)9-5(2)8-3-6/h5-11,13H,12H2,1-4H3,(H,26,29);3,5H,1-2H3. The smallest absolute Gasteiger partial charge is 0.330 e. The molecule has 214 valence electrons. The molecule has 3 rings (SSSR count). The lowest BCUT2D eigenvalue weighted by Gasteiger charge is -2.16. The number of hydrogen-bond donors (Lipinski definition) is 1. The second-order valence-electron chi connectivity index (χ2n) is 8.95. The van der Waals surface area contributed by atoms with E-state index in [0.717, 1.165) is 22.3 Å². The molecule has 0 aliphatic carbocycles. The third-order valence-electron chi connectivity index (χ3n) is 5.89. The van der Waals surface area contributed by atoms with Crippen molar-refractivity contribution in [3.05, 3.63) is 91.8 Å². The second kappa shape index (κ2) is 14.0. The molecule has 1 heterocycles. The number of ether oxygens (including phenoxy) is 2. The quantitative estimate of drug-likeness (QED) is 0.256. The minimum atomic E-state index is -0.914. The molecule has 0 spiro atoms. The Kier molecular flexibility index (Phi) is 11.0. The van der Waals surface area contributed by atoms with Gasteiger partial charge in [-0.05, 0) is 43.5 Å². The number of esters is 1. The van der Waals surface area contributed by atoms with E-state index in [0.29, 0.717) is 23.2 Å². The first-order valence-electron chi connectivity index (χ1n) is 12.2. The highest BCUT2D eigenvalue weighted by molar-refractivity contribution is 5.94. The maximum atomic E-state index is 13.8. The first-order valence-corrected chi connectivity index (χ1v) is 12.2. The van der Waals surface area contributed by atoms with Gasteiger partial charge in [-0.3, -0.25) is 23.7 Å². The SMILES string of the molecule is CC(=O)OC(C)OC=O.Cc1c(-c2ccc(CC(C)NC(=O)c3c(F)cccc3F)cc2)c(=O)n(C)c(=O)n1C. The number of nitrogens with one attached hydrogen (secondary N) is 1. The zero-order chi connectivity index (χ0) is 30.1. The molecular weight excluding hydrogens is 528 g/mol. The summed E-state index contributed by atoms with van der Waals surface area (Å²) in [5, 5.41) is 2.60. The highest BCUT2D eigenvalue weighted by atomic mass is 19.1. The monoisotopic (exact) mass is 559 g/mol. The number of amides is 1. The van der Waals surface area contributed by atoms with E-state index in [4.69, 9.17) is 0 Å². The molecule has 40 heavy (non-hydrogen) atoms. The fourth-order valence-electron chi connectivity index (χ4n) is 3.84. The molecular formula is C28H31F2N3O7. The summed E-state index contributed by atoms with van der Waals surface area (Å²) >= 11 is 0. The summed E-state index contributed by atoms with van der Waals surface area (Å²) in [6.45, 7) is 6.37. The fraction of sp³-hybridized carbons (Fsp3) is 0.321. The van der Waals surface area contributed by atoms with Crippen LogP contribution in [-0.2, 0) is 39.6 Å². The van der Waals surface area contributed by atoms with Crippen LogP contribution in [0.25, 0.3) is 11.1 Å². The van der Waals surface area contributed by atoms with Gasteiger partial charge in [-0.15, -0.1) is 0 Å². The van der Waals surface area contributed by atoms with E-state index in [9.17, 15) is 32.8 Å². The number of aromatic nitrogens is 2. The first kappa shape index (κ1) is 31.6. The van der Waals surface area contributed by atoms with Crippen LogP contribution in [0.2, 0.25) is 0 Å². The lowest BCUT2D eigenvalue weighted by molar-refractivity contribution is -0.174. The van der Waals surface area contributed by atoms with Crippen LogP contribution in [0, 0.1) is 18.6 Å². The Morgan fingerprint density at radius 2 is 1.57 bits per heavy atom. The molecule has 1 N–H and O–H groups in total. The molecule has 2 atom stereocenters. The van der Waals surface area contributed by atoms with Crippen LogP contribution >= 0.6 is 0 Å². The Bertz CT molecular complexity index is 1480. The van der Waals surface area contributed by atoms with Gasteiger partial charge in [0.2, 0.25) is 6.29 Å². The fourth-order valence-corrected chi connectivity index (χ4v) is 3.84. The van der Waals surface area contributed by atoms with E-state index in [-0.39, 0.29) is 18.1 Å². The Hall–Kier alpha value is -4.61. The largest absolute Gasteiger partial charge is 0.428 e. The summed E-state index contributed by atoms with van der Waals surface area (Å²) in [6.07, 6.45) is -0.355. The van der Waals surface area contributed by atoms with E-state index in [1.165, 1.54) is 31.5 Å². The summed E-state index contributed by atoms with van der Waals surface area (Å²) in [5.74, 6) is -3.11. The van der Waals surface area contributed by atoms with Crippen molar-refractivity contribution in [2.75, 3.05) is 0 Å². The third kappa shape index (κ3) is 7.95. The molecule has 1 amide bonds. The van der Waals surface area contributed by atoms with Gasteiger partial charge in [0.15, 0.2) is 0 Å². The Labute approximate surface area is 229 Å². The molecule has 10 nitrogen and oxygen atoms in total. The van der Waals surface area contributed by atoms with Gasteiger partial charge in [0, 0.05) is 39.7 Å². The number of hydrogen-bond acceptors (Lipinski definition) is 7. The number of carbonyl (C=O) groups is 3. The number of halogens is 2. The molecule has 2 unspecified atom stereocenters. The van der Waals surface area contributed by atoms with E-state index >= 15 is 0 Å². The number of rotatable bonds is 8. The average molecular weight is 560 g/mol. The van der Waals surface area contributed by atoms with Crippen LogP contribution in [0.3, 0.4) is 0 Å². The predicted octanol–water partition coefficient (Wildman–Crippen LogP) is 2.77. The molecule has 1 aromatic heterocycles. The lowest BCUT2D eigenvalue weighted by Crippen LogP contribution is -2.39. The summed E-state index contributed by atoms with van der Waals surface area (Å²) in [5.41, 5.74) is 1.17. The molecule has 3 aromatic rings. The van der Waals surface area contributed by atoms with Crippen molar-refractivity contribution in [1.82, 2.24) is 14.5 Å². The maximum Gasteiger partial charge on any atom is 0.330 e. The number of carbonyl (C=O) groups excluding carboxylic acids is 3. The van der Waals surface area contributed by atoms with Gasteiger partial charge in [0.25, 0.3) is 17.9 Å². The van der Waals surface area contributed by atoms with E-state index in [1.54, 1.807) is 33.0 Å². The van der Waals surface area contributed by atoms with Gasteiger partial charge >= 0.3 is 11.7 Å². The second-order valence-corrected chi connectivity index (χ2v) is 8.95. The molecule has 0 saturated carbocycles. The van der Waals surface area contributed by atoms with Crippen LogP contribution < -0.4 is 16.6 Å². The number of nitrogens with zero attached hydrogens (tertiary/aromatic N) is 2. The molecule has 0 fully saturated rings. The summed E-state index contributed by atoms with van der Waals surface area (Å²) in [7, 11) is 3.04. The van der Waals surface area contributed by atoms with Gasteiger partial charge in [0.1, 0.15) is 17.2 Å². The van der Waals surface area contributed by atoms with Gasteiger partial charge in [-0.1, -0.05) is 30.3 Å². The average Bonchev–Trinajstić information content (AvgIpc) is 2.87. The van der Waals surface area contributed by atoms with Crippen LogP contribution in [0.5, 0.6) is 0 Å². The Morgan fingerprint density at radius 1 is 1.00 bits per heavy atom. The molecule has 2 aromatic carbocycles. The Balaban J connectivity index is 0.000000536. The van der Waals surface area contributed by atoms with Crippen molar-refractivity contribution in [2.45, 2.75) is 46.4 Å². The topological polar surface area (TPSA) is 126 Å². The maximum absolute atomic E-state index is 13.8. The van der Waals surface area contributed by atoms with Gasteiger partial charge in [-0.2, -0.15) is 0 Å². The molecule has 0 aliphatic rings. The van der Waals surface area contributed by atoms with Crippen LogP contribution in [0.15, 0.2) is 52.1 Å². The minimum absolute atomic E-state index is 0.230. The van der Waals surface area contributed by atoms with Crippen molar-refractivity contribution in [3.63, 3.8) is 0 Å². The zero-order valence-corrected chi connectivity index (χ0v) is 23.0. The minimum Gasteiger partial charge on any atom is -0.428 e. The lowest BCUT2D eigenvalue weighted by atomic mass is 10.0. The Morgan fingerprint density at radius 3 is 2.10 bits per heavy atom. The highest BCUT2D eigenvalue weighted by Crippen LogP contribution is 2.20. The summed E-state index contributed by atoms with van der Waals surface area (Å²) in [6, 6.07) is 10.1. The van der Waals surface area contributed by atoms with Crippen molar-refractivity contribution >= 4 is 18.3 Å². The van der Waals surface area contributed by atoms with Crippen molar-refractivity contribution in [2.24, 2.45) is 14.1 Å². The first-order chi connectivity index (χ1) is 18.8. The molecule has 0 aliphatic heterocycles. The van der Waals surface area contributed by atoms with Crippen molar-refractivity contribution in [3.8, 4) is 11.1 Å². The molecule has 0 saturated heterocycles. The van der Waals surface area contributed by atoms with Crippen LogP contribution in [0.1, 0.15) is 42.4 Å². The highest BCUT2D eigenvalue weighted by Gasteiger charge is 2.19. The third-order valence-corrected chi connectivity index (χ3v) is 5.89. The predicted molar refractivity (Wildman–Crippen MR) is 142 cm³/mol. The number of benzene rings is 2. The van der Waals surface area contributed by atoms with Gasteiger partial charge in [0.05, 0.1) is 5.56 Å². The van der Waals surface area contributed by atoms with Crippen molar-refractivity contribution in [1.29, 1.82) is 0 Å². The molecule has 0 radical (unpaired) electrons. The molecule has 12 heteroatoms. The van der Waals surface area contributed by atoms with E-state index in [2.05, 4.69) is 14.8 Å². The van der Waals surface area contributed by atoms with E-state index in [1.807, 2.05) is 12.1 Å². The normalized spacial score (nSPS) is 11.9. The van der Waals surface area contributed by atoms with Gasteiger partial charge < -0.3 is 19.4 Å². The summed E-state index contributed by atoms with van der Waals surface area (Å²) < 4.78 is 38.7. The van der Waals surface area contributed by atoms with E-state index < -0.39 is 41.1 Å². The van der Waals surface area contributed by atoms with Crippen LogP contribution in [-0.4, -0.2) is 39.8 Å².